The van der Waals surface area contributed by atoms with E-state index in [4.69, 9.17) is 4.84 Å². The number of hydrogen-bond donors (Lipinski definition) is 1. The van der Waals surface area contributed by atoms with E-state index in [0.29, 0.717) is 6.10 Å². The first-order valence-electron chi connectivity index (χ1n) is 4.35. The highest BCUT2D eigenvalue weighted by Crippen LogP contribution is 2.23. The first kappa shape index (κ1) is 7.10. The Morgan fingerprint density at radius 1 is 1.36 bits per heavy atom. The van der Waals surface area contributed by atoms with Gasteiger partial charge in [-0.3, -0.25) is 0 Å². The van der Waals surface area contributed by atoms with E-state index in [1.54, 1.807) is 0 Å². The van der Waals surface area contributed by atoms with Crippen LogP contribution in [-0.2, 0) is 4.84 Å². The zero-order chi connectivity index (χ0) is 7.52. The van der Waals surface area contributed by atoms with Crippen molar-refractivity contribution in [3.63, 3.8) is 0 Å². The van der Waals surface area contributed by atoms with Crippen LogP contribution in [0.5, 0.6) is 0 Å². The van der Waals surface area contributed by atoms with E-state index < -0.39 is 0 Å². The van der Waals surface area contributed by atoms with Crippen LogP contribution in [0.25, 0.3) is 0 Å². The van der Waals surface area contributed by atoms with Crippen molar-refractivity contribution in [1.82, 2.24) is 5.32 Å². The number of rotatable bonds is 1. The van der Waals surface area contributed by atoms with Crippen molar-refractivity contribution < 1.29 is 4.84 Å². The zero-order valence-corrected chi connectivity index (χ0v) is 6.62. The second kappa shape index (κ2) is 3.22. The standard InChI is InChI=1S/C8H14N2O/c1-4-9-5-2-7(1)8-3-6-10-11-8/h6-9H,1-5H2. The number of oxime groups is 1. The van der Waals surface area contributed by atoms with Crippen molar-refractivity contribution >= 4 is 6.21 Å². The van der Waals surface area contributed by atoms with E-state index in [1.807, 2.05) is 6.21 Å². The van der Waals surface area contributed by atoms with Crippen molar-refractivity contribution in [3.8, 4) is 0 Å². The largest absolute Gasteiger partial charge is 0.392 e. The molecule has 0 spiro atoms. The first-order chi connectivity index (χ1) is 5.47. The summed E-state index contributed by atoms with van der Waals surface area (Å²) < 4.78 is 0. The van der Waals surface area contributed by atoms with Gasteiger partial charge in [-0.1, -0.05) is 5.16 Å². The average molecular weight is 154 g/mol. The fourth-order valence-corrected chi connectivity index (χ4v) is 1.81. The number of piperidine rings is 1. The van der Waals surface area contributed by atoms with Gasteiger partial charge in [0.25, 0.3) is 0 Å². The van der Waals surface area contributed by atoms with Gasteiger partial charge in [0.15, 0.2) is 0 Å². The molecule has 2 aliphatic rings. The number of hydrogen-bond acceptors (Lipinski definition) is 3. The second-order valence-corrected chi connectivity index (χ2v) is 3.25. The first-order valence-corrected chi connectivity index (χ1v) is 4.35. The van der Waals surface area contributed by atoms with E-state index in [-0.39, 0.29) is 0 Å². The SMILES string of the molecule is C1=NOC(C2CCNCC2)C1. The summed E-state index contributed by atoms with van der Waals surface area (Å²) in [6, 6.07) is 0. The van der Waals surface area contributed by atoms with Crippen LogP contribution in [0, 0.1) is 5.92 Å². The molecule has 0 bridgehead atoms. The van der Waals surface area contributed by atoms with E-state index >= 15 is 0 Å². The minimum atomic E-state index is 0.386. The summed E-state index contributed by atoms with van der Waals surface area (Å²) in [6.07, 6.45) is 5.77. The maximum absolute atomic E-state index is 5.23. The highest BCUT2D eigenvalue weighted by Gasteiger charge is 2.26. The minimum absolute atomic E-state index is 0.386. The molecular weight excluding hydrogens is 140 g/mol. The molecule has 0 amide bonds. The van der Waals surface area contributed by atoms with Gasteiger partial charge in [0.2, 0.25) is 0 Å². The third kappa shape index (κ3) is 1.53. The zero-order valence-electron chi connectivity index (χ0n) is 6.62. The molecule has 0 aromatic heterocycles. The Morgan fingerprint density at radius 2 is 2.18 bits per heavy atom. The molecule has 0 aromatic rings. The molecule has 2 heterocycles. The molecule has 0 saturated carbocycles. The number of nitrogens with one attached hydrogen (secondary N) is 1. The fraction of sp³-hybridized carbons (Fsp3) is 0.875. The summed E-state index contributed by atoms with van der Waals surface area (Å²) in [5.74, 6) is 0.735. The summed E-state index contributed by atoms with van der Waals surface area (Å²) in [6.45, 7) is 2.29. The lowest BCUT2D eigenvalue weighted by Gasteiger charge is -2.25. The van der Waals surface area contributed by atoms with Crippen LogP contribution in [0.1, 0.15) is 19.3 Å². The highest BCUT2D eigenvalue weighted by atomic mass is 16.6. The smallest absolute Gasteiger partial charge is 0.135 e. The van der Waals surface area contributed by atoms with Crippen molar-refractivity contribution in [2.75, 3.05) is 13.1 Å². The van der Waals surface area contributed by atoms with Gasteiger partial charge < -0.3 is 10.2 Å². The quantitative estimate of drug-likeness (QED) is 0.605. The summed E-state index contributed by atoms with van der Waals surface area (Å²) in [5.41, 5.74) is 0. The summed E-state index contributed by atoms with van der Waals surface area (Å²) in [4.78, 5) is 5.23. The molecule has 0 aliphatic carbocycles. The Labute approximate surface area is 66.8 Å². The normalized spacial score (nSPS) is 32.2. The average Bonchev–Trinajstić information content (AvgIpc) is 2.58. The summed E-state index contributed by atoms with van der Waals surface area (Å²) in [7, 11) is 0. The Hall–Kier alpha value is -0.570. The molecule has 1 N–H and O–H groups in total. The van der Waals surface area contributed by atoms with E-state index in [2.05, 4.69) is 10.5 Å². The molecule has 1 atom stereocenters. The van der Waals surface area contributed by atoms with Crippen LogP contribution in [0.4, 0.5) is 0 Å². The van der Waals surface area contributed by atoms with Crippen molar-refractivity contribution in [1.29, 1.82) is 0 Å². The van der Waals surface area contributed by atoms with E-state index in [1.165, 1.54) is 12.8 Å². The Morgan fingerprint density at radius 3 is 2.82 bits per heavy atom. The van der Waals surface area contributed by atoms with E-state index in [9.17, 15) is 0 Å². The summed E-state index contributed by atoms with van der Waals surface area (Å²) >= 11 is 0. The highest BCUT2D eigenvalue weighted by molar-refractivity contribution is 5.58. The van der Waals surface area contributed by atoms with Gasteiger partial charge in [0.1, 0.15) is 6.10 Å². The van der Waals surface area contributed by atoms with Crippen LogP contribution < -0.4 is 5.32 Å². The predicted octanol–water partition coefficient (Wildman–Crippen LogP) is 0.761. The summed E-state index contributed by atoms with van der Waals surface area (Å²) in [5, 5.41) is 7.14. The van der Waals surface area contributed by atoms with Crippen molar-refractivity contribution in [2.45, 2.75) is 25.4 Å². The molecule has 2 aliphatic heterocycles. The monoisotopic (exact) mass is 154 g/mol. The maximum atomic E-state index is 5.23. The van der Waals surface area contributed by atoms with Crippen molar-refractivity contribution in [3.05, 3.63) is 0 Å². The Balaban J connectivity index is 1.83. The van der Waals surface area contributed by atoms with Gasteiger partial charge in [0.05, 0.1) is 0 Å². The Bertz CT molecular complexity index is 144. The lowest BCUT2D eigenvalue weighted by Crippen LogP contribution is -2.33. The van der Waals surface area contributed by atoms with Gasteiger partial charge in [-0.15, -0.1) is 0 Å². The van der Waals surface area contributed by atoms with Gasteiger partial charge in [-0.25, -0.2) is 0 Å². The molecule has 0 aromatic carbocycles. The fourth-order valence-electron chi connectivity index (χ4n) is 1.81. The van der Waals surface area contributed by atoms with Gasteiger partial charge >= 0.3 is 0 Å². The third-order valence-corrected chi connectivity index (χ3v) is 2.52. The van der Waals surface area contributed by atoms with Gasteiger partial charge in [0, 0.05) is 18.6 Å². The van der Waals surface area contributed by atoms with Gasteiger partial charge in [-0.05, 0) is 25.9 Å². The van der Waals surface area contributed by atoms with Crippen LogP contribution in [0.3, 0.4) is 0 Å². The molecule has 1 unspecified atom stereocenters. The minimum Gasteiger partial charge on any atom is -0.392 e. The molecular formula is C8H14N2O. The van der Waals surface area contributed by atoms with Crippen LogP contribution in [-0.4, -0.2) is 25.4 Å². The molecule has 2 rings (SSSR count). The molecule has 0 radical (unpaired) electrons. The van der Waals surface area contributed by atoms with E-state index in [0.717, 1.165) is 25.4 Å². The molecule has 62 valence electrons. The lowest BCUT2D eigenvalue weighted by molar-refractivity contribution is 0.0293. The molecule has 1 saturated heterocycles. The second-order valence-electron chi connectivity index (χ2n) is 3.25. The predicted molar refractivity (Wildman–Crippen MR) is 43.6 cm³/mol. The molecule has 11 heavy (non-hydrogen) atoms. The van der Waals surface area contributed by atoms with Crippen LogP contribution >= 0.6 is 0 Å². The topological polar surface area (TPSA) is 33.6 Å². The van der Waals surface area contributed by atoms with Crippen molar-refractivity contribution in [2.24, 2.45) is 11.1 Å². The van der Waals surface area contributed by atoms with Crippen LogP contribution in [0.15, 0.2) is 5.16 Å². The molecule has 3 nitrogen and oxygen atoms in total. The van der Waals surface area contributed by atoms with Crippen LogP contribution in [0.2, 0.25) is 0 Å². The third-order valence-electron chi connectivity index (χ3n) is 2.52. The number of nitrogens with zero attached hydrogens (tertiary/aromatic N) is 1. The maximum Gasteiger partial charge on any atom is 0.135 e. The lowest BCUT2D eigenvalue weighted by atomic mass is 9.91. The van der Waals surface area contributed by atoms with Gasteiger partial charge in [-0.2, -0.15) is 0 Å². The molecule has 3 heteroatoms. The molecule has 1 fully saturated rings. The Kier molecular flexibility index (Phi) is 2.08.